The van der Waals surface area contributed by atoms with E-state index in [0.29, 0.717) is 5.92 Å². The fraction of sp³-hybridized carbons (Fsp3) is 0.611. The molecule has 1 amide bonds. The van der Waals surface area contributed by atoms with Gasteiger partial charge < -0.3 is 20.4 Å². The van der Waals surface area contributed by atoms with Gasteiger partial charge in [-0.15, -0.1) is 0 Å². The van der Waals surface area contributed by atoms with Crippen LogP contribution in [0.3, 0.4) is 0 Å². The summed E-state index contributed by atoms with van der Waals surface area (Å²) in [5.41, 5.74) is 1.36. The molecule has 1 aliphatic rings. The van der Waals surface area contributed by atoms with Crippen molar-refractivity contribution in [2.24, 2.45) is 5.92 Å². The van der Waals surface area contributed by atoms with Gasteiger partial charge >= 0.3 is 0 Å². The summed E-state index contributed by atoms with van der Waals surface area (Å²) in [7, 11) is 0. The summed E-state index contributed by atoms with van der Waals surface area (Å²) in [5.74, 6) is 0.595. The van der Waals surface area contributed by atoms with Crippen LogP contribution >= 0.6 is 0 Å². The molecule has 1 saturated heterocycles. The van der Waals surface area contributed by atoms with Gasteiger partial charge in [-0.1, -0.05) is 30.3 Å². The number of hydrogen-bond acceptors (Lipinski definition) is 4. The highest BCUT2D eigenvalue weighted by molar-refractivity contribution is 5.82. The predicted octanol–water partition coefficient (Wildman–Crippen LogP) is 0.801. The van der Waals surface area contributed by atoms with Gasteiger partial charge in [0.15, 0.2) is 0 Å². The molecule has 0 aromatic heterocycles. The Morgan fingerprint density at radius 3 is 2.39 bits per heavy atom. The van der Waals surface area contributed by atoms with E-state index in [1.807, 2.05) is 6.07 Å². The number of carbonyl (C=O) groups is 1. The standard InChI is InChI=1S/C18H28N2O3/c21-12-10-20(11-13-22)18(23)17-9-8-16(14-19-17)7-6-15-4-2-1-3-5-15/h1-5,16-17,19,21-22H,6-14H2. The molecule has 128 valence electrons. The van der Waals surface area contributed by atoms with E-state index in [1.165, 1.54) is 5.56 Å². The third kappa shape index (κ3) is 5.61. The lowest BCUT2D eigenvalue weighted by molar-refractivity contribution is -0.135. The summed E-state index contributed by atoms with van der Waals surface area (Å²) >= 11 is 0. The van der Waals surface area contributed by atoms with E-state index >= 15 is 0 Å². The molecule has 1 aromatic carbocycles. The lowest BCUT2D eigenvalue weighted by Crippen LogP contribution is -2.51. The largest absolute Gasteiger partial charge is 0.395 e. The van der Waals surface area contributed by atoms with Crippen LogP contribution in [0.15, 0.2) is 30.3 Å². The van der Waals surface area contributed by atoms with Gasteiger partial charge in [0.2, 0.25) is 5.91 Å². The van der Waals surface area contributed by atoms with Crippen LogP contribution in [-0.4, -0.2) is 59.9 Å². The van der Waals surface area contributed by atoms with Crippen LogP contribution in [-0.2, 0) is 11.2 Å². The van der Waals surface area contributed by atoms with E-state index in [1.54, 1.807) is 4.90 Å². The van der Waals surface area contributed by atoms with Gasteiger partial charge in [-0.25, -0.2) is 0 Å². The molecule has 3 N–H and O–H groups in total. The van der Waals surface area contributed by atoms with Crippen LogP contribution in [0.1, 0.15) is 24.8 Å². The maximum atomic E-state index is 12.4. The summed E-state index contributed by atoms with van der Waals surface area (Å²) in [4.78, 5) is 13.9. The number of aliphatic hydroxyl groups is 2. The average molecular weight is 320 g/mol. The number of nitrogens with one attached hydrogen (secondary N) is 1. The molecule has 1 aromatic rings. The van der Waals surface area contributed by atoms with Gasteiger partial charge in [-0.05, 0) is 43.7 Å². The summed E-state index contributed by atoms with van der Waals surface area (Å²) < 4.78 is 0. The van der Waals surface area contributed by atoms with E-state index in [0.717, 1.165) is 32.2 Å². The molecule has 2 unspecified atom stereocenters. The van der Waals surface area contributed by atoms with Crippen molar-refractivity contribution >= 4 is 5.91 Å². The van der Waals surface area contributed by atoms with Crippen molar-refractivity contribution in [1.29, 1.82) is 0 Å². The number of carbonyl (C=O) groups excluding carboxylic acids is 1. The Morgan fingerprint density at radius 1 is 1.13 bits per heavy atom. The van der Waals surface area contributed by atoms with Crippen molar-refractivity contribution in [3.05, 3.63) is 35.9 Å². The second-order valence-electron chi connectivity index (χ2n) is 6.20. The first-order valence-corrected chi connectivity index (χ1v) is 8.52. The van der Waals surface area contributed by atoms with Crippen molar-refractivity contribution in [2.45, 2.75) is 31.7 Å². The van der Waals surface area contributed by atoms with Gasteiger partial charge in [0.25, 0.3) is 0 Å². The molecule has 0 radical (unpaired) electrons. The number of aliphatic hydroxyl groups excluding tert-OH is 2. The van der Waals surface area contributed by atoms with Gasteiger partial charge in [-0.3, -0.25) is 4.79 Å². The number of hydrogen-bond donors (Lipinski definition) is 3. The summed E-state index contributed by atoms with van der Waals surface area (Å²) in [5, 5.41) is 21.4. The van der Waals surface area contributed by atoms with Gasteiger partial charge in [0, 0.05) is 13.1 Å². The normalized spacial score (nSPS) is 21.1. The van der Waals surface area contributed by atoms with E-state index < -0.39 is 0 Å². The van der Waals surface area contributed by atoms with Crippen molar-refractivity contribution in [2.75, 3.05) is 32.8 Å². The molecule has 0 saturated carbocycles. The zero-order chi connectivity index (χ0) is 16.5. The quantitative estimate of drug-likeness (QED) is 0.662. The van der Waals surface area contributed by atoms with E-state index in [-0.39, 0.29) is 38.3 Å². The molecular weight excluding hydrogens is 292 g/mol. The maximum Gasteiger partial charge on any atom is 0.239 e. The van der Waals surface area contributed by atoms with Crippen molar-refractivity contribution in [1.82, 2.24) is 10.2 Å². The van der Waals surface area contributed by atoms with Gasteiger partial charge in [0.05, 0.1) is 19.3 Å². The number of rotatable bonds is 8. The summed E-state index contributed by atoms with van der Waals surface area (Å²) in [6, 6.07) is 10.3. The van der Waals surface area contributed by atoms with Crippen LogP contribution in [0.2, 0.25) is 0 Å². The molecule has 1 heterocycles. The Bertz CT molecular complexity index is 453. The van der Waals surface area contributed by atoms with Gasteiger partial charge in [0.1, 0.15) is 0 Å². The highest BCUT2D eigenvalue weighted by Gasteiger charge is 2.28. The lowest BCUT2D eigenvalue weighted by Gasteiger charge is -2.32. The number of nitrogens with zero attached hydrogens (tertiary/aromatic N) is 1. The predicted molar refractivity (Wildman–Crippen MR) is 90.0 cm³/mol. The SMILES string of the molecule is O=C(C1CCC(CCc2ccccc2)CN1)N(CCO)CCO. The molecule has 23 heavy (non-hydrogen) atoms. The first-order valence-electron chi connectivity index (χ1n) is 8.52. The molecule has 2 atom stereocenters. The Kier molecular flexibility index (Phi) is 7.52. The van der Waals surface area contributed by atoms with E-state index in [9.17, 15) is 4.79 Å². The molecule has 0 aliphatic carbocycles. The number of aryl methyl sites for hydroxylation is 1. The van der Waals surface area contributed by atoms with Gasteiger partial charge in [-0.2, -0.15) is 0 Å². The first kappa shape index (κ1) is 17.9. The highest BCUT2D eigenvalue weighted by Crippen LogP contribution is 2.20. The van der Waals surface area contributed by atoms with Crippen LogP contribution in [0.4, 0.5) is 0 Å². The van der Waals surface area contributed by atoms with Crippen LogP contribution in [0.5, 0.6) is 0 Å². The zero-order valence-electron chi connectivity index (χ0n) is 13.7. The topological polar surface area (TPSA) is 72.8 Å². The minimum atomic E-state index is -0.180. The molecule has 1 aliphatic heterocycles. The fourth-order valence-corrected chi connectivity index (χ4v) is 3.18. The van der Waals surface area contributed by atoms with Crippen LogP contribution in [0, 0.1) is 5.92 Å². The third-order valence-electron chi connectivity index (χ3n) is 4.55. The Hall–Kier alpha value is -1.43. The Balaban J connectivity index is 1.75. The zero-order valence-corrected chi connectivity index (χ0v) is 13.7. The highest BCUT2D eigenvalue weighted by atomic mass is 16.3. The summed E-state index contributed by atoms with van der Waals surface area (Å²) in [6.07, 6.45) is 4.08. The Morgan fingerprint density at radius 2 is 1.83 bits per heavy atom. The molecule has 2 rings (SSSR count). The number of piperidine rings is 1. The monoisotopic (exact) mass is 320 g/mol. The Labute approximate surface area is 138 Å². The first-order chi connectivity index (χ1) is 11.2. The van der Waals surface area contributed by atoms with Crippen LogP contribution < -0.4 is 5.32 Å². The van der Waals surface area contributed by atoms with Crippen LogP contribution in [0.25, 0.3) is 0 Å². The molecule has 1 fully saturated rings. The van der Waals surface area contributed by atoms with E-state index in [4.69, 9.17) is 10.2 Å². The molecule has 0 bridgehead atoms. The average Bonchev–Trinajstić information content (AvgIpc) is 2.60. The number of amides is 1. The van der Waals surface area contributed by atoms with Crippen molar-refractivity contribution in [3.8, 4) is 0 Å². The molecular formula is C18H28N2O3. The third-order valence-corrected chi connectivity index (χ3v) is 4.55. The molecule has 0 spiro atoms. The fourth-order valence-electron chi connectivity index (χ4n) is 3.18. The van der Waals surface area contributed by atoms with Crippen molar-refractivity contribution in [3.63, 3.8) is 0 Å². The van der Waals surface area contributed by atoms with E-state index in [2.05, 4.69) is 29.6 Å². The summed E-state index contributed by atoms with van der Waals surface area (Å²) in [6.45, 7) is 1.29. The molecule has 5 nitrogen and oxygen atoms in total. The minimum absolute atomic E-state index is 0.00499. The second-order valence-corrected chi connectivity index (χ2v) is 6.20. The lowest BCUT2D eigenvalue weighted by atomic mass is 9.89. The molecule has 5 heteroatoms. The minimum Gasteiger partial charge on any atom is -0.395 e. The van der Waals surface area contributed by atoms with Crippen molar-refractivity contribution < 1.29 is 15.0 Å². The maximum absolute atomic E-state index is 12.4. The second kappa shape index (κ2) is 9.65. The number of benzene rings is 1. The smallest absolute Gasteiger partial charge is 0.239 e.